The molecule has 4 nitrogen and oxygen atoms in total. The number of carbonyl (C=O) groups is 1. The zero-order valence-corrected chi connectivity index (χ0v) is 13.2. The molecule has 0 aliphatic carbocycles. The van der Waals surface area contributed by atoms with E-state index in [1.807, 2.05) is 0 Å². The second-order valence-electron chi connectivity index (χ2n) is 5.42. The van der Waals surface area contributed by atoms with Gasteiger partial charge in [0.25, 0.3) is 5.91 Å². The van der Waals surface area contributed by atoms with Gasteiger partial charge in [0.15, 0.2) is 0 Å². The van der Waals surface area contributed by atoms with Crippen molar-refractivity contribution in [2.24, 2.45) is 0 Å². The fourth-order valence-electron chi connectivity index (χ4n) is 2.37. The molecule has 1 heterocycles. The summed E-state index contributed by atoms with van der Waals surface area (Å²) in [6.07, 6.45) is 1.36. The van der Waals surface area contributed by atoms with Crippen LogP contribution in [0.3, 0.4) is 0 Å². The van der Waals surface area contributed by atoms with Crippen molar-refractivity contribution in [2.45, 2.75) is 13.8 Å². The molecule has 2 aromatic carbocycles. The standard InChI is InChI=1S/C18H15F2N3O/c1-11-7-8-13(9-16(11)20)22-18(24)14-10-21-23(12(14)2)17-6-4-3-5-15(17)19/h3-10H,1-2H3,(H,22,24). The van der Waals surface area contributed by atoms with E-state index >= 15 is 0 Å². The van der Waals surface area contributed by atoms with Gasteiger partial charge in [-0.2, -0.15) is 5.10 Å². The van der Waals surface area contributed by atoms with Gasteiger partial charge in [0.1, 0.15) is 17.3 Å². The zero-order valence-electron chi connectivity index (χ0n) is 13.2. The van der Waals surface area contributed by atoms with E-state index in [1.54, 1.807) is 44.2 Å². The number of halogens is 2. The molecule has 0 atom stereocenters. The molecule has 3 aromatic rings. The van der Waals surface area contributed by atoms with Crippen LogP contribution in [0.15, 0.2) is 48.7 Å². The van der Waals surface area contributed by atoms with Crippen molar-refractivity contribution in [3.05, 3.63) is 77.1 Å². The Hall–Kier alpha value is -3.02. The number of carbonyl (C=O) groups excluding carboxylic acids is 1. The van der Waals surface area contributed by atoms with Crippen molar-refractivity contribution in [1.29, 1.82) is 0 Å². The number of aromatic nitrogens is 2. The number of nitrogens with zero attached hydrogens (tertiary/aromatic N) is 2. The summed E-state index contributed by atoms with van der Waals surface area (Å²) >= 11 is 0. The van der Waals surface area contributed by atoms with Gasteiger partial charge in [0.05, 0.1) is 17.5 Å². The number of aryl methyl sites for hydroxylation is 1. The summed E-state index contributed by atoms with van der Waals surface area (Å²) in [5.41, 5.74) is 1.89. The maximum Gasteiger partial charge on any atom is 0.259 e. The minimum atomic E-state index is -0.434. The van der Waals surface area contributed by atoms with Crippen molar-refractivity contribution >= 4 is 11.6 Å². The topological polar surface area (TPSA) is 46.9 Å². The Morgan fingerprint density at radius 3 is 2.54 bits per heavy atom. The van der Waals surface area contributed by atoms with Crippen LogP contribution in [-0.2, 0) is 0 Å². The molecular weight excluding hydrogens is 312 g/mol. The summed E-state index contributed by atoms with van der Waals surface area (Å²) in [6.45, 7) is 3.31. The van der Waals surface area contributed by atoms with Gasteiger partial charge >= 0.3 is 0 Å². The highest BCUT2D eigenvalue weighted by Gasteiger charge is 2.17. The average molecular weight is 327 g/mol. The lowest BCUT2D eigenvalue weighted by Gasteiger charge is -2.08. The Morgan fingerprint density at radius 1 is 1.08 bits per heavy atom. The van der Waals surface area contributed by atoms with Gasteiger partial charge < -0.3 is 5.32 Å². The molecule has 0 fully saturated rings. The lowest BCUT2D eigenvalue weighted by atomic mass is 10.2. The highest BCUT2D eigenvalue weighted by atomic mass is 19.1. The SMILES string of the molecule is Cc1ccc(NC(=O)c2cnn(-c3ccccc3F)c2C)cc1F. The van der Waals surface area contributed by atoms with Crippen molar-refractivity contribution in [3.8, 4) is 5.69 Å². The summed E-state index contributed by atoms with van der Waals surface area (Å²) in [5, 5.41) is 6.70. The van der Waals surface area contributed by atoms with Gasteiger partial charge in [-0.05, 0) is 43.7 Å². The monoisotopic (exact) mass is 327 g/mol. The van der Waals surface area contributed by atoms with Crippen molar-refractivity contribution in [3.63, 3.8) is 0 Å². The van der Waals surface area contributed by atoms with Crippen LogP contribution in [-0.4, -0.2) is 15.7 Å². The Bertz CT molecular complexity index is 918. The Kier molecular flexibility index (Phi) is 4.12. The minimum absolute atomic E-state index is 0.260. The average Bonchev–Trinajstić information content (AvgIpc) is 2.93. The largest absolute Gasteiger partial charge is 0.322 e. The van der Waals surface area contributed by atoms with Crippen LogP contribution in [0.1, 0.15) is 21.6 Å². The number of amides is 1. The predicted molar refractivity (Wildman–Crippen MR) is 87.3 cm³/mol. The fraction of sp³-hybridized carbons (Fsp3) is 0.111. The first-order valence-corrected chi connectivity index (χ1v) is 7.34. The summed E-state index contributed by atoms with van der Waals surface area (Å²) in [5.74, 6) is -1.26. The number of nitrogens with one attached hydrogen (secondary N) is 1. The first-order chi connectivity index (χ1) is 11.5. The fourth-order valence-corrected chi connectivity index (χ4v) is 2.37. The number of benzene rings is 2. The van der Waals surface area contributed by atoms with Gasteiger partial charge in [-0.3, -0.25) is 4.79 Å². The van der Waals surface area contributed by atoms with Gasteiger partial charge in [0, 0.05) is 5.69 Å². The number of hydrogen-bond acceptors (Lipinski definition) is 2. The second-order valence-corrected chi connectivity index (χ2v) is 5.42. The second kappa shape index (κ2) is 6.23. The molecule has 0 aliphatic heterocycles. The molecule has 0 spiro atoms. The van der Waals surface area contributed by atoms with Crippen LogP contribution in [0.25, 0.3) is 5.69 Å². The smallest absolute Gasteiger partial charge is 0.259 e. The molecule has 0 unspecified atom stereocenters. The van der Waals surface area contributed by atoms with Crippen LogP contribution in [0, 0.1) is 25.5 Å². The number of rotatable bonds is 3. The summed E-state index contributed by atoms with van der Waals surface area (Å²) < 4.78 is 28.8. The Morgan fingerprint density at radius 2 is 1.83 bits per heavy atom. The number of anilines is 1. The molecule has 3 rings (SSSR count). The molecular formula is C18H15F2N3O. The van der Waals surface area contributed by atoms with Crippen LogP contribution in [0.2, 0.25) is 0 Å². The first-order valence-electron chi connectivity index (χ1n) is 7.34. The van der Waals surface area contributed by atoms with Crippen LogP contribution >= 0.6 is 0 Å². The van der Waals surface area contributed by atoms with Crippen LogP contribution in [0.4, 0.5) is 14.5 Å². The third-order valence-corrected chi connectivity index (χ3v) is 3.76. The zero-order chi connectivity index (χ0) is 17.3. The molecule has 0 aliphatic rings. The lowest BCUT2D eigenvalue weighted by Crippen LogP contribution is -2.13. The van der Waals surface area contributed by atoms with Crippen LogP contribution in [0.5, 0.6) is 0 Å². The number of hydrogen-bond donors (Lipinski definition) is 1. The molecule has 1 N–H and O–H groups in total. The van der Waals surface area contributed by atoms with Crippen LogP contribution < -0.4 is 5.32 Å². The summed E-state index contributed by atoms with van der Waals surface area (Å²) in [4.78, 5) is 12.4. The Labute approximate surface area is 137 Å². The molecule has 1 amide bonds. The van der Waals surface area contributed by atoms with Crippen molar-refractivity contribution < 1.29 is 13.6 Å². The maximum atomic E-state index is 13.9. The minimum Gasteiger partial charge on any atom is -0.322 e. The third-order valence-electron chi connectivity index (χ3n) is 3.76. The lowest BCUT2D eigenvalue weighted by molar-refractivity contribution is 0.102. The summed E-state index contributed by atoms with van der Waals surface area (Å²) in [7, 11) is 0. The molecule has 6 heteroatoms. The van der Waals surface area contributed by atoms with Gasteiger partial charge in [0.2, 0.25) is 0 Å². The highest BCUT2D eigenvalue weighted by molar-refractivity contribution is 6.05. The van der Waals surface area contributed by atoms with E-state index in [2.05, 4.69) is 10.4 Å². The third kappa shape index (κ3) is 2.90. The van der Waals surface area contributed by atoms with Gasteiger partial charge in [-0.1, -0.05) is 18.2 Å². The van der Waals surface area contributed by atoms with E-state index in [0.717, 1.165) is 0 Å². The molecule has 122 valence electrons. The maximum absolute atomic E-state index is 13.9. The van der Waals surface area contributed by atoms with Gasteiger partial charge in [-0.25, -0.2) is 13.5 Å². The number of para-hydroxylation sites is 1. The molecule has 0 bridgehead atoms. The molecule has 0 saturated heterocycles. The molecule has 1 aromatic heterocycles. The predicted octanol–water partition coefficient (Wildman–Crippen LogP) is 4.02. The van der Waals surface area contributed by atoms with Crippen molar-refractivity contribution in [1.82, 2.24) is 9.78 Å². The van der Waals surface area contributed by atoms with E-state index in [0.29, 0.717) is 22.5 Å². The highest BCUT2D eigenvalue weighted by Crippen LogP contribution is 2.19. The van der Waals surface area contributed by atoms with E-state index < -0.39 is 17.5 Å². The van der Waals surface area contributed by atoms with E-state index in [4.69, 9.17) is 0 Å². The summed E-state index contributed by atoms with van der Waals surface area (Å²) in [6, 6.07) is 10.6. The first kappa shape index (κ1) is 15.9. The van der Waals surface area contributed by atoms with Gasteiger partial charge in [-0.15, -0.1) is 0 Å². The van der Waals surface area contributed by atoms with E-state index in [-0.39, 0.29) is 5.69 Å². The van der Waals surface area contributed by atoms with E-state index in [1.165, 1.54) is 23.0 Å². The molecule has 24 heavy (non-hydrogen) atoms. The van der Waals surface area contributed by atoms with Crippen molar-refractivity contribution in [2.75, 3.05) is 5.32 Å². The molecule has 0 saturated carbocycles. The quantitative estimate of drug-likeness (QED) is 0.790. The normalized spacial score (nSPS) is 10.7. The Balaban J connectivity index is 1.89. The van der Waals surface area contributed by atoms with E-state index in [9.17, 15) is 13.6 Å². The molecule has 0 radical (unpaired) electrons.